The number of carboxylic acid groups (broad SMARTS) is 1. The van der Waals surface area contributed by atoms with Crippen molar-refractivity contribution in [1.29, 1.82) is 0 Å². The summed E-state index contributed by atoms with van der Waals surface area (Å²) in [4.78, 5) is 26.7. The van der Waals surface area contributed by atoms with Gasteiger partial charge in [0, 0.05) is 26.2 Å². The predicted molar refractivity (Wildman–Crippen MR) is 100 cm³/mol. The minimum atomic E-state index is -0.856. The highest BCUT2D eigenvalue weighted by Crippen LogP contribution is 2.32. The Labute approximate surface area is 157 Å². The van der Waals surface area contributed by atoms with Crippen LogP contribution in [0.5, 0.6) is 0 Å². The summed E-state index contributed by atoms with van der Waals surface area (Å²) in [5.74, 6) is 1.33. The van der Waals surface area contributed by atoms with E-state index in [1.54, 1.807) is 16.8 Å². The van der Waals surface area contributed by atoms with Gasteiger partial charge in [-0.1, -0.05) is 13.8 Å². The number of carbonyl (C=O) groups is 2. The summed E-state index contributed by atoms with van der Waals surface area (Å²) >= 11 is 0. The minimum Gasteiger partial charge on any atom is -0.480 e. The van der Waals surface area contributed by atoms with Gasteiger partial charge < -0.3 is 20.1 Å². The number of hydrogen-bond donors (Lipinski definition) is 2. The van der Waals surface area contributed by atoms with Gasteiger partial charge >= 0.3 is 12.0 Å². The first-order valence-electron chi connectivity index (χ1n) is 9.89. The molecule has 0 aromatic carbocycles. The molecule has 1 unspecified atom stereocenters. The molecule has 0 spiro atoms. The molecular formula is C19H35N3O4. The lowest BCUT2D eigenvalue weighted by Gasteiger charge is -2.35. The van der Waals surface area contributed by atoms with E-state index in [1.807, 2.05) is 0 Å². The molecule has 0 aromatic rings. The summed E-state index contributed by atoms with van der Waals surface area (Å²) in [5.41, 5.74) is 0. The van der Waals surface area contributed by atoms with Gasteiger partial charge in [-0.05, 0) is 50.5 Å². The number of carboxylic acids is 1. The van der Waals surface area contributed by atoms with E-state index in [0.717, 1.165) is 18.4 Å². The van der Waals surface area contributed by atoms with Crippen LogP contribution in [-0.4, -0.2) is 79.4 Å². The summed E-state index contributed by atoms with van der Waals surface area (Å²) < 4.78 is 5.68. The molecule has 0 bridgehead atoms. The van der Waals surface area contributed by atoms with E-state index >= 15 is 0 Å². The maximum atomic E-state index is 12.5. The molecule has 2 N–H and O–H groups in total. The van der Waals surface area contributed by atoms with Crippen molar-refractivity contribution in [3.05, 3.63) is 0 Å². The van der Waals surface area contributed by atoms with Gasteiger partial charge in [-0.2, -0.15) is 0 Å². The number of hydrogen-bond acceptors (Lipinski definition) is 4. The van der Waals surface area contributed by atoms with E-state index in [4.69, 9.17) is 9.84 Å². The fourth-order valence-corrected chi connectivity index (χ4v) is 4.06. The van der Waals surface area contributed by atoms with Crippen molar-refractivity contribution in [3.63, 3.8) is 0 Å². The Bertz CT molecular complexity index is 464. The monoisotopic (exact) mass is 369 g/mol. The summed E-state index contributed by atoms with van der Waals surface area (Å²) in [6, 6.07) is -0.0230. The normalized spacial score (nSPS) is 27.0. The largest absolute Gasteiger partial charge is 0.480 e. The van der Waals surface area contributed by atoms with E-state index in [2.05, 4.69) is 19.2 Å². The number of nitrogens with zero attached hydrogens (tertiary/aromatic N) is 2. The molecule has 1 aliphatic heterocycles. The van der Waals surface area contributed by atoms with Crippen molar-refractivity contribution in [2.75, 3.05) is 46.4 Å². The van der Waals surface area contributed by atoms with Gasteiger partial charge in [0.25, 0.3) is 0 Å². The lowest BCUT2D eigenvalue weighted by atomic mass is 9.77. The van der Waals surface area contributed by atoms with Gasteiger partial charge in [0.2, 0.25) is 0 Å². The molecule has 150 valence electrons. The number of aliphatic carboxylic acids is 1. The first-order chi connectivity index (χ1) is 12.3. The molecule has 1 saturated heterocycles. The van der Waals surface area contributed by atoms with Crippen LogP contribution in [0.4, 0.5) is 4.79 Å². The summed E-state index contributed by atoms with van der Waals surface area (Å²) in [7, 11) is 1.75. The van der Waals surface area contributed by atoms with Crippen molar-refractivity contribution >= 4 is 12.0 Å². The van der Waals surface area contributed by atoms with Crippen LogP contribution in [-0.2, 0) is 9.53 Å². The zero-order chi connectivity index (χ0) is 19.1. The maximum Gasteiger partial charge on any atom is 0.317 e. The smallest absolute Gasteiger partial charge is 0.317 e. The van der Waals surface area contributed by atoms with Crippen LogP contribution in [0, 0.1) is 17.8 Å². The second-order valence-electron chi connectivity index (χ2n) is 8.24. The number of ether oxygens (including phenoxy) is 1. The molecular weight excluding hydrogens is 334 g/mol. The molecule has 26 heavy (non-hydrogen) atoms. The standard InChI is InChI=1S/C19H35N3O4/c1-14(2)16-6-4-15(5-7-16)10-20-19(25)22-8-9-26-17(12-22)11-21(3)13-18(23)24/h14-17H,4-13H2,1-3H3,(H,20,25)(H,23,24). The fourth-order valence-electron chi connectivity index (χ4n) is 4.06. The second-order valence-corrected chi connectivity index (χ2v) is 8.24. The lowest BCUT2D eigenvalue weighted by molar-refractivity contribution is -0.138. The Morgan fingerprint density at radius 1 is 1.27 bits per heavy atom. The van der Waals surface area contributed by atoms with Gasteiger partial charge in [-0.25, -0.2) is 4.79 Å². The SMILES string of the molecule is CC(C)C1CCC(CNC(=O)N2CCOC(CN(C)CC(=O)O)C2)CC1. The zero-order valence-electron chi connectivity index (χ0n) is 16.4. The molecule has 1 heterocycles. The van der Waals surface area contributed by atoms with Crippen molar-refractivity contribution in [3.8, 4) is 0 Å². The van der Waals surface area contributed by atoms with Crippen LogP contribution in [0.1, 0.15) is 39.5 Å². The van der Waals surface area contributed by atoms with Crippen molar-refractivity contribution < 1.29 is 19.4 Å². The van der Waals surface area contributed by atoms with Gasteiger partial charge in [0.05, 0.1) is 19.3 Å². The Kier molecular flexibility index (Phi) is 8.15. The van der Waals surface area contributed by atoms with Crippen LogP contribution in [0.15, 0.2) is 0 Å². The third-order valence-electron chi connectivity index (χ3n) is 5.72. The van der Waals surface area contributed by atoms with Gasteiger partial charge in [-0.3, -0.25) is 9.69 Å². The maximum absolute atomic E-state index is 12.5. The highest BCUT2D eigenvalue weighted by atomic mass is 16.5. The van der Waals surface area contributed by atoms with Crippen molar-refractivity contribution in [2.45, 2.75) is 45.6 Å². The van der Waals surface area contributed by atoms with Crippen molar-refractivity contribution in [1.82, 2.24) is 15.1 Å². The van der Waals surface area contributed by atoms with E-state index in [1.165, 1.54) is 25.7 Å². The number of rotatable bonds is 7. The van der Waals surface area contributed by atoms with E-state index < -0.39 is 5.97 Å². The summed E-state index contributed by atoms with van der Waals surface area (Å²) in [6.07, 6.45) is 4.81. The average molecular weight is 370 g/mol. The van der Waals surface area contributed by atoms with Gasteiger partial charge in [0.15, 0.2) is 0 Å². The summed E-state index contributed by atoms with van der Waals surface area (Å²) in [5, 5.41) is 11.9. The topological polar surface area (TPSA) is 82.1 Å². The van der Waals surface area contributed by atoms with E-state index in [9.17, 15) is 9.59 Å². The molecule has 0 aromatic heterocycles. The number of nitrogens with one attached hydrogen (secondary N) is 1. The van der Waals surface area contributed by atoms with Crippen molar-refractivity contribution in [2.24, 2.45) is 17.8 Å². The molecule has 2 fully saturated rings. The van der Waals surface area contributed by atoms with Crippen LogP contribution < -0.4 is 5.32 Å². The summed E-state index contributed by atoms with van der Waals surface area (Å²) in [6.45, 7) is 7.44. The predicted octanol–water partition coefficient (Wildman–Crippen LogP) is 1.88. The van der Waals surface area contributed by atoms with Gasteiger partial charge in [0.1, 0.15) is 0 Å². The number of likely N-dealkylation sites (N-methyl/N-ethyl adjacent to an activating group) is 1. The molecule has 1 saturated carbocycles. The first kappa shape index (κ1) is 21.0. The molecule has 0 radical (unpaired) electrons. The quantitative estimate of drug-likeness (QED) is 0.716. The third-order valence-corrected chi connectivity index (χ3v) is 5.72. The average Bonchev–Trinajstić information content (AvgIpc) is 2.59. The number of urea groups is 1. The van der Waals surface area contributed by atoms with E-state index in [-0.39, 0.29) is 18.7 Å². The van der Waals surface area contributed by atoms with Crippen LogP contribution in [0.2, 0.25) is 0 Å². The fraction of sp³-hybridized carbons (Fsp3) is 0.895. The lowest BCUT2D eigenvalue weighted by Crippen LogP contribution is -2.53. The molecule has 2 rings (SSSR count). The highest BCUT2D eigenvalue weighted by Gasteiger charge is 2.27. The highest BCUT2D eigenvalue weighted by molar-refractivity contribution is 5.74. The van der Waals surface area contributed by atoms with E-state index in [0.29, 0.717) is 32.2 Å². The molecule has 1 aliphatic carbocycles. The Morgan fingerprint density at radius 3 is 2.58 bits per heavy atom. The molecule has 7 nitrogen and oxygen atoms in total. The zero-order valence-corrected chi connectivity index (χ0v) is 16.4. The van der Waals surface area contributed by atoms with Crippen LogP contribution >= 0.6 is 0 Å². The number of amides is 2. The number of morpholine rings is 1. The Hall–Kier alpha value is -1.34. The number of carbonyl (C=O) groups excluding carboxylic acids is 1. The Balaban J connectivity index is 1.69. The molecule has 2 aliphatic rings. The third kappa shape index (κ3) is 6.76. The molecule has 2 amide bonds. The second kappa shape index (κ2) is 10.1. The molecule has 1 atom stereocenters. The first-order valence-corrected chi connectivity index (χ1v) is 9.89. The van der Waals surface area contributed by atoms with Crippen LogP contribution in [0.3, 0.4) is 0 Å². The van der Waals surface area contributed by atoms with Crippen LogP contribution in [0.25, 0.3) is 0 Å². The Morgan fingerprint density at radius 2 is 1.96 bits per heavy atom. The van der Waals surface area contributed by atoms with Gasteiger partial charge in [-0.15, -0.1) is 0 Å². The molecule has 7 heteroatoms. The minimum absolute atomic E-state index is 0.0227.